The molecule has 1 fully saturated rings. The first-order valence-corrected chi connectivity index (χ1v) is 9.49. The van der Waals surface area contributed by atoms with E-state index in [-0.39, 0.29) is 29.4 Å². The number of hydrogen-bond acceptors (Lipinski definition) is 4. The first-order valence-electron chi connectivity index (χ1n) is 7.67. The zero-order valence-corrected chi connectivity index (χ0v) is 13.8. The Bertz CT molecular complexity index is 686. The van der Waals surface area contributed by atoms with Crippen molar-refractivity contribution in [2.24, 2.45) is 5.92 Å². The second kappa shape index (κ2) is 5.57. The number of hydrogen-bond donors (Lipinski definition) is 0. The van der Waals surface area contributed by atoms with Gasteiger partial charge in [0.15, 0.2) is 9.84 Å². The Morgan fingerprint density at radius 2 is 2.00 bits per heavy atom. The van der Waals surface area contributed by atoms with Crippen LogP contribution in [0.1, 0.15) is 18.9 Å². The van der Waals surface area contributed by atoms with E-state index < -0.39 is 9.84 Å². The van der Waals surface area contributed by atoms with Gasteiger partial charge >= 0.3 is 0 Å². The van der Waals surface area contributed by atoms with Gasteiger partial charge in [-0.1, -0.05) is 18.2 Å². The van der Waals surface area contributed by atoms with E-state index in [0.29, 0.717) is 13.0 Å². The fourth-order valence-corrected chi connectivity index (χ4v) is 5.20. The molecule has 1 saturated heterocycles. The van der Waals surface area contributed by atoms with Crippen LogP contribution in [0.4, 0.5) is 5.69 Å². The van der Waals surface area contributed by atoms with Gasteiger partial charge in [-0.2, -0.15) is 0 Å². The molecule has 1 aromatic carbocycles. The molecule has 2 unspecified atom stereocenters. The van der Waals surface area contributed by atoms with Gasteiger partial charge in [-0.25, -0.2) is 8.42 Å². The number of carbonyl (C=O) groups is 1. The van der Waals surface area contributed by atoms with Crippen LogP contribution in [0.25, 0.3) is 0 Å². The molecule has 2 heterocycles. The van der Waals surface area contributed by atoms with Gasteiger partial charge in [0.2, 0.25) is 5.91 Å². The fraction of sp³-hybridized carbons (Fsp3) is 0.562. The van der Waals surface area contributed by atoms with Crippen LogP contribution < -0.4 is 4.90 Å². The number of likely N-dealkylation sites (N-methyl/N-ethyl adjacent to an activating group) is 1. The Labute approximate surface area is 131 Å². The van der Waals surface area contributed by atoms with Crippen molar-refractivity contribution in [1.29, 1.82) is 0 Å². The van der Waals surface area contributed by atoms with Crippen molar-refractivity contribution in [3.63, 3.8) is 0 Å². The molecule has 3 rings (SSSR count). The van der Waals surface area contributed by atoms with Crippen molar-refractivity contribution >= 4 is 21.4 Å². The molecule has 6 heteroatoms. The van der Waals surface area contributed by atoms with Crippen LogP contribution in [0.2, 0.25) is 0 Å². The quantitative estimate of drug-likeness (QED) is 0.782. The normalized spacial score (nSPS) is 27.4. The molecule has 0 spiro atoms. The maximum atomic E-state index is 12.8. The van der Waals surface area contributed by atoms with Crippen molar-refractivity contribution in [2.45, 2.75) is 25.9 Å². The molecule has 1 aromatic rings. The lowest BCUT2D eigenvalue weighted by Gasteiger charge is -2.30. The molecule has 0 aliphatic carbocycles. The summed E-state index contributed by atoms with van der Waals surface area (Å²) < 4.78 is 23.3. The molecule has 120 valence electrons. The van der Waals surface area contributed by atoms with Crippen molar-refractivity contribution in [1.82, 2.24) is 4.90 Å². The minimum absolute atomic E-state index is 0.00649. The average molecular weight is 322 g/mol. The molecular formula is C16H22N2O3S. The summed E-state index contributed by atoms with van der Waals surface area (Å²) in [4.78, 5) is 16.8. The highest BCUT2D eigenvalue weighted by atomic mass is 32.2. The van der Waals surface area contributed by atoms with Gasteiger partial charge in [0.25, 0.3) is 0 Å². The molecule has 2 atom stereocenters. The van der Waals surface area contributed by atoms with E-state index in [1.165, 1.54) is 0 Å². The van der Waals surface area contributed by atoms with Gasteiger partial charge in [-0.15, -0.1) is 0 Å². The standard InChI is InChI=1S/C16H22N2O3S/c1-12-9-17(2)15-6-4-3-5-13(15)10-18(12)16(19)14-7-8-22(20,21)11-14/h3-6,12,14H,7-11H2,1-2H3. The lowest BCUT2D eigenvalue weighted by atomic mass is 10.1. The largest absolute Gasteiger partial charge is 0.372 e. The first-order chi connectivity index (χ1) is 10.4. The van der Waals surface area contributed by atoms with E-state index in [9.17, 15) is 13.2 Å². The maximum absolute atomic E-state index is 12.8. The molecule has 0 N–H and O–H groups in total. The number of fused-ring (bicyclic) bond motifs is 1. The zero-order chi connectivity index (χ0) is 15.9. The minimum Gasteiger partial charge on any atom is -0.372 e. The Hall–Kier alpha value is -1.56. The van der Waals surface area contributed by atoms with Crippen LogP contribution in [-0.2, 0) is 21.2 Å². The summed E-state index contributed by atoms with van der Waals surface area (Å²) in [6.07, 6.45) is 0.460. The smallest absolute Gasteiger partial charge is 0.227 e. The summed E-state index contributed by atoms with van der Waals surface area (Å²) >= 11 is 0. The van der Waals surface area contributed by atoms with Crippen LogP contribution in [0.15, 0.2) is 24.3 Å². The van der Waals surface area contributed by atoms with Crippen molar-refractivity contribution < 1.29 is 13.2 Å². The number of nitrogens with zero attached hydrogens (tertiary/aromatic N) is 2. The summed E-state index contributed by atoms with van der Waals surface area (Å²) in [6.45, 7) is 3.34. The highest BCUT2D eigenvalue weighted by Crippen LogP contribution is 2.29. The summed E-state index contributed by atoms with van der Waals surface area (Å²) in [5.74, 6) is -0.240. The summed E-state index contributed by atoms with van der Waals surface area (Å²) in [5.41, 5.74) is 2.26. The molecule has 0 aromatic heterocycles. The first kappa shape index (κ1) is 15.3. The Balaban J connectivity index is 1.86. The number of anilines is 1. The second-order valence-electron chi connectivity index (χ2n) is 6.42. The van der Waals surface area contributed by atoms with Gasteiger partial charge in [-0.3, -0.25) is 4.79 Å². The lowest BCUT2D eigenvalue weighted by molar-refractivity contribution is -0.137. The predicted molar refractivity (Wildman–Crippen MR) is 86.5 cm³/mol. The number of sulfone groups is 1. The number of amides is 1. The topological polar surface area (TPSA) is 57.7 Å². The van der Waals surface area contributed by atoms with Gasteiger partial charge in [0.05, 0.1) is 17.4 Å². The molecule has 0 radical (unpaired) electrons. The highest BCUT2D eigenvalue weighted by Gasteiger charge is 2.37. The Morgan fingerprint density at radius 1 is 1.27 bits per heavy atom. The van der Waals surface area contributed by atoms with Crippen molar-refractivity contribution in [3.05, 3.63) is 29.8 Å². The number of rotatable bonds is 1. The minimum atomic E-state index is -3.03. The summed E-state index contributed by atoms with van der Waals surface area (Å²) in [6, 6.07) is 8.14. The summed E-state index contributed by atoms with van der Waals surface area (Å²) in [5, 5.41) is 0. The molecular weight excluding hydrogens is 300 g/mol. The van der Waals surface area contributed by atoms with Gasteiger partial charge in [0.1, 0.15) is 0 Å². The third-order valence-corrected chi connectivity index (χ3v) is 6.45. The van der Waals surface area contributed by atoms with Gasteiger partial charge in [0, 0.05) is 31.9 Å². The third kappa shape index (κ3) is 2.84. The highest BCUT2D eigenvalue weighted by molar-refractivity contribution is 7.91. The van der Waals surface area contributed by atoms with Crippen molar-refractivity contribution in [2.75, 3.05) is 30.0 Å². The Morgan fingerprint density at radius 3 is 2.68 bits per heavy atom. The molecule has 1 amide bonds. The zero-order valence-electron chi connectivity index (χ0n) is 13.0. The van der Waals surface area contributed by atoms with E-state index in [4.69, 9.17) is 0 Å². The van der Waals surface area contributed by atoms with Crippen LogP contribution in [0.5, 0.6) is 0 Å². The number of para-hydroxylation sites is 1. The molecule has 0 bridgehead atoms. The second-order valence-corrected chi connectivity index (χ2v) is 8.65. The molecule has 2 aliphatic rings. The monoisotopic (exact) mass is 322 g/mol. The lowest BCUT2D eigenvalue weighted by Crippen LogP contribution is -2.44. The Kier molecular flexibility index (Phi) is 3.89. The summed E-state index contributed by atoms with van der Waals surface area (Å²) in [7, 11) is -1.00. The average Bonchev–Trinajstić information content (AvgIpc) is 2.78. The van der Waals surface area contributed by atoms with E-state index in [1.54, 1.807) is 0 Å². The van der Waals surface area contributed by atoms with Crippen LogP contribution >= 0.6 is 0 Å². The maximum Gasteiger partial charge on any atom is 0.227 e. The van der Waals surface area contributed by atoms with Gasteiger partial charge in [-0.05, 0) is 25.0 Å². The van der Waals surface area contributed by atoms with Crippen LogP contribution in [-0.4, -0.2) is 50.4 Å². The van der Waals surface area contributed by atoms with Gasteiger partial charge < -0.3 is 9.80 Å². The van der Waals surface area contributed by atoms with Crippen molar-refractivity contribution in [3.8, 4) is 0 Å². The van der Waals surface area contributed by atoms with E-state index >= 15 is 0 Å². The predicted octanol–water partition coefficient (Wildman–Crippen LogP) is 1.29. The number of carbonyl (C=O) groups excluding carboxylic acids is 1. The van der Waals surface area contributed by atoms with Crippen LogP contribution in [0.3, 0.4) is 0 Å². The SMILES string of the molecule is CC1CN(C)c2ccccc2CN1C(=O)C1CCS(=O)(=O)C1. The molecule has 22 heavy (non-hydrogen) atoms. The fourth-order valence-electron chi connectivity index (χ4n) is 3.47. The number of benzene rings is 1. The van der Waals surface area contributed by atoms with E-state index in [2.05, 4.69) is 11.0 Å². The molecule has 0 saturated carbocycles. The van der Waals surface area contributed by atoms with E-state index in [1.807, 2.05) is 37.1 Å². The molecule has 2 aliphatic heterocycles. The van der Waals surface area contributed by atoms with Crippen LogP contribution in [0, 0.1) is 5.92 Å². The molecule has 5 nitrogen and oxygen atoms in total. The third-order valence-electron chi connectivity index (χ3n) is 4.68. The van der Waals surface area contributed by atoms with E-state index in [0.717, 1.165) is 17.8 Å².